The second-order valence-electron chi connectivity index (χ2n) is 5.77. The summed E-state index contributed by atoms with van der Waals surface area (Å²) >= 11 is 0. The van der Waals surface area contributed by atoms with Crippen molar-refractivity contribution in [2.75, 3.05) is 5.73 Å². The number of carbonyl (C=O) groups is 3. The smallest absolute Gasteiger partial charge is 0.408 e. The van der Waals surface area contributed by atoms with Crippen molar-refractivity contribution >= 4 is 23.6 Å². The molecule has 0 spiro atoms. The number of nitrogens with one attached hydrogen (secondary N) is 2. The largest absolute Gasteiger partial charge is 0.444 e. The molecule has 120 valence electrons. The molecule has 22 heavy (non-hydrogen) atoms. The Morgan fingerprint density at radius 2 is 1.77 bits per heavy atom. The molecule has 1 unspecified atom stereocenters. The number of nitrogens with two attached hydrogens (primary N) is 1. The van der Waals surface area contributed by atoms with Gasteiger partial charge in [0.05, 0.1) is 5.56 Å². The lowest BCUT2D eigenvalue weighted by atomic mass is 10.1. The highest BCUT2D eigenvalue weighted by Gasteiger charge is 2.22. The molecule has 3 amide bonds. The number of ether oxygens (including phenoxy) is 1. The third kappa shape index (κ3) is 5.43. The molecule has 1 aromatic rings. The highest BCUT2D eigenvalue weighted by Crippen LogP contribution is 2.10. The van der Waals surface area contributed by atoms with Gasteiger partial charge in [-0.25, -0.2) is 4.79 Å². The Balaban J connectivity index is 2.60. The topological polar surface area (TPSA) is 111 Å². The first-order valence-electron chi connectivity index (χ1n) is 6.79. The van der Waals surface area contributed by atoms with Gasteiger partial charge in [0.25, 0.3) is 5.91 Å². The molecule has 1 rings (SSSR count). The van der Waals surface area contributed by atoms with Gasteiger partial charge in [0.2, 0.25) is 5.91 Å². The number of carbonyl (C=O) groups excluding carboxylic acids is 3. The van der Waals surface area contributed by atoms with Crippen LogP contribution in [0.2, 0.25) is 0 Å². The summed E-state index contributed by atoms with van der Waals surface area (Å²) in [5.74, 6) is -1.28. The number of alkyl carbamates (subject to hydrolysis) is 1. The van der Waals surface area contributed by atoms with Crippen LogP contribution in [0.25, 0.3) is 0 Å². The number of nitrogen functional groups attached to an aromatic ring is 1. The first kappa shape index (κ1) is 17.5. The van der Waals surface area contributed by atoms with Gasteiger partial charge in [-0.1, -0.05) is 12.1 Å². The molecule has 4 N–H and O–H groups in total. The molecule has 0 aliphatic carbocycles. The van der Waals surface area contributed by atoms with Gasteiger partial charge < -0.3 is 15.8 Å². The van der Waals surface area contributed by atoms with Gasteiger partial charge in [-0.2, -0.15) is 0 Å². The lowest BCUT2D eigenvalue weighted by Crippen LogP contribution is -2.48. The summed E-state index contributed by atoms with van der Waals surface area (Å²) in [6, 6.07) is 5.45. The maximum absolute atomic E-state index is 11.9. The Morgan fingerprint density at radius 1 is 1.18 bits per heavy atom. The molecule has 7 heteroatoms. The van der Waals surface area contributed by atoms with Crippen molar-refractivity contribution in [3.8, 4) is 0 Å². The lowest BCUT2D eigenvalue weighted by molar-refractivity contribution is -0.121. The Kier molecular flexibility index (Phi) is 5.50. The standard InChI is InChI=1S/C15H21N3O4/c1-9(17-14(21)22-15(2,3)4)12(19)18-13(20)10-7-5-6-8-11(10)16/h5-9H,16H2,1-4H3,(H,17,21)(H,18,19,20). The van der Waals surface area contributed by atoms with Gasteiger partial charge in [0.15, 0.2) is 0 Å². The quantitative estimate of drug-likeness (QED) is 0.732. The molecule has 0 saturated carbocycles. The van der Waals surface area contributed by atoms with Crippen LogP contribution in [0.1, 0.15) is 38.1 Å². The van der Waals surface area contributed by atoms with Crippen molar-refractivity contribution in [1.82, 2.24) is 10.6 Å². The van der Waals surface area contributed by atoms with Crippen molar-refractivity contribution in [2.45, 2.75) is 39.3 Å². The van der Waals surface area contributed by atoms with E-state index in [0.717, 1.165) is 0 Å². The zero-order chi connectivity index (χ0) is 16.9. The van der Waals surface area contributed by atoms with Crippen molar-refractivity contribution in [2.24, 2.45) is 0 Å². The van der Waals surface area contributed by atoms with Gasteiger partial charge >= 0.3 is 6.09 Å². The van der Waals surface area contributed by atoms with E-state index < -0.39 is 29.6 Å². The third-order valence-electron chi connectivity index (χ3n) is 2.57. The molecule has 0 aliphatic heterocycles. The average molecular weight is 307 g/mol. The number of rotatable bonds is 3. The molecule has 0 fully saturated rings. The van der Waals surface area contributed by atoms with Crippen LogP contribution in [0.3, 0.4) is 0 Å². The molecule has 1 aromatic carbocycles. The maximum Gasteiger partial charge on any atom is 0.408 e. The molecular formula is C15H21N3O4. The number of anilines is 1. The van der Waals surface area contributed by atoms with E-state index in [0.29, 0.717) is 0 Å². The Labute approximate surface area is 129 Å². The summed E-state index contributed by atoms with van der Waals surface area (Å²) in [6.07, 6.45) is -0.734. The number of para-hydroxylation sites is 1. The Hall–Kier alpha value is -2.57. The monoisotopic (exact) mass is 307 g/mol. The average Bonchev–Trinajstić information content (AvgIpc) is 2.36. The fourth-order valence-corrected chi connectivity index (χ4v) is 1.54. The first-order valence-corrected chi connectivity index (χ1v) is 6.79. The third-order valence-corrected chi connectivity index (χ3v) is 2.57. The predicted octanol–water partition coefficient (Wildman–Crippen LogP) is 1.44. The second-order valence-corrected chi connectivity index (χ2v) is 5.77. The van der Waals surface area contributed by atoms with Crippen molar-refractivity contribution in [3.05, 3.63) is 29.8 Å². The Morgan fingerprint density at radius 3 is 2.32 bits per heavy atom. The van der Waals surface area contributed by atoms with Gasteiger partial charge in [-0.3, -0.25) is 14.9 Å². The van der Waals surface area contributed by atoms with E-state index in [1.807, 2.05) is 0 Å². The predicted molar refractivity (Wildman–Crippen MR) is 82.2 cm³/mol. The molecule has 0 aliphatic rings. The fraction of sp³-hybridized carbons (Fsp3) is 0.400. The van der Waals surface area contributed by atoms with E-state index in [9.17, 15) is 14.4 Å². The minimum atomic E-state index is -0.927. The number of benzene rings is 1. The minimum absolute atomic E-state index is 0.195. The number of amides is 3. The van der Waals surface area contributed by atoms with Crippen LogP contribution in [0.15, 0.2) is 24.3 Å². The minimum Gasteiger partial charge on any atom is -0.444 e. The van der Waals surface area contributed by atoms with Crippen molar-refractivity contribution < 1.29 is 19.1 Å². The lowest BCUT2D eigenvalue weighted by Gasteiger charge is -2.21. The van der Waals surface area contributed by atoms with E-state index in [1.54, 1.807) is 39.0 Å². The molecule has 0 heterocycles. The summed E-state index contributed by atoms with van der Waals surface area (Å²) in [5.41, 5.74) is 5.45. The summed E-state index contributed by atoms with van der Waals surface area (Å²) in [5, 5.41) is 4.53. The Bertz CT molecular complexity index is 578. The van der Waals surface area contributed by atoms with Crippen LogP contribution in [0.5, 0.6) is 0 Å². The molecule has 0 bridgehead atoms. The molecule has 0 radical (unpaired) electrons. The van der Waals surface area contributed by atoms with Crippen molar-refractivity contribution in [3.63, 3.8) is 0 Å². The zero-order valence-electron chi connectivity index (χ0n) is 13.1. The van der Waals surface area contributed by atoms with Crippen molar-refractivity contribution in [1.29, 1.82) is 0 Å². The highest BCUT2D eigenvalue weighted by atomic mass is 16.6. The van der Waals surface area contributed by atoms with E-state index in [2.05, 4.69) is 10.6 Å². The normalized spacial score (nSPS) is 12.2. The fourth-order valence-electron chi connectivity index (χ4n) is 1.54. The summed E-state index contributed by atoms with van der Waals surface area (Å²) in [6.45, 7) is 6.57. The van der Waals surface area contributed by atoms with Crippen LogP contribution in [-0.2, 0) is 9.53 Å². The zero-order valence-corrected chi connectivity index (χ0v) is 13.1. The van der Waals surface area contributed by atoms with Gasteiger partial charge in [0, 0.05) is 5.69 Å². The summed E-state index contributed by atoms with van der Waals surface area (Å²) < 4.78 is 5.03. The molecule has 0 aromatic heterocycles. The maximum atomic E-state index is 11.9. The molecular weight excluding hydrogens is 286 g/mol. The van der Waals surface area contributed by atoms with Gasteiger partial charge in [-0.05, 0) is 39.8 Å². The molecule has 1 atom stereocenters. The SMILES string of the molecule is CC(NC(=O)OC(C)(C)C)C(=O)NC(=O)c1ccccc1N. The van der Waals surface area contributed by atoms with Crippen LogP contribution in [0, 0.1) is 0 Å². The van der Waals surface area contributed by atoms with Gasteiger partial charge in [-0.15, -0.1) is 0 Å². The molecule has 7 nitrogen and oxygen atoms in total. The van der Waals surface area contributed by atoms with Crippen LogP contribution in [-0.4, -0.2) is 29.6 Å². The van der Waals surface area contributed by atoms with E-state index in [-0.39, 0.29) is 11.3 Å². The first-order chi connectivity index (χ1) is 10.1. The second kappa shape index (κ2) is 6.93. The number of imide groups is 1. The molecule has 0 saturated heterocycles. The van der Waals surface area contributed by atoms with E-state index >= 15 is 0 Å². The highest BCUT2D eigenvalue weighted by molar-refractivity contribution is 6.08. The van der Waals surface area contributed by atoms with Crippen LogP contribution >= 0.6 is 0 Å². The van der Waals surface area contributed by atoms with E-state index in [4.69, 9.17) is 10.5 Å². The summed E-state index contributed by atoms with van der Waals surface area (Å²) in [7, 11) is 0. The van der Waals surface area contributed by atoms with Gasteiger partial charge in [0.1, 0.15) is 11.6 Å². The van der Waals surface area contributed by atoms with Crippen LogP contribution in [0.4, 0.5) is 10.5 Å². The van der Waals surface area contributed by atoms with E-state index in [1.165, 1.54) is 13.0 Å². The summed E-state index contributed by atoms with van der Waals surface area (Å²) in [4.78, 5) is 35.4. The number of hydrogen-bond acceptors (Lipinski definition) is 5. The number of hydrogen-bond donors (Lipinski definition) is 3. The van der Waals surface area contributed by atoms with Crippen LogP contribution < -0.4 is 16.4 Å².